The lowest BCUT2D eigenvalue weighted by molar-refractivity contribution is -0.136. The lowest BCUT2D eigenvalue weighted by Crippen LogP contribution is -2.49. The van der Waals surface area contributed by atoms with E-state index in [-0.39, 0.29) is 11.8 Å². The Bertz CT molecular complexity index is 1790. The van der Waals surface area contributed by atoms with Crippen molar-refractivity contribution in [3.8, 4) is 11.1 Å². The van der Waals surface area contributed by atoms with Gasteiger partial charge in [0.2, 0.25) is 5.91 Å². The van der Waals surface area contributed by atoms with Gasteiger partial charge in [0.25, 0.3) is 0 Å². The van der Waals surface area contributed by atoms with Crippen LogP contribution in [0.25, 0.3) is 27.5 Å². The molecule has 0 saturated carbocycles. The van der Waals surface area contributed by atoms with Gasteiger partial charge >= 0.3 is 6.09 Å². The smallest absolute Gasteiger partial charge is 0.407 e. The number of carboxylic acid groups (broad SMARTS) is 1. The van der Waals surface area contributed by atoms with Gasteiger partial charge in [0, 0.05) is 48.4 Å². The molecule has 2 saturated heterocycles. The molecule has 5 aromatic rings. The summed E-state index contributed by atoms with van der Waals surface area (Å²) in [5, 5.41) is 20.0. The number of carbonyl (C=O) groups excluding carboxylic acids is 1. The predicted octanol–water partition coefficient (Wildman–Crippen LogP) is 4.22. The number of likely N-dealkylation sites (tertiary alicyclic amines) is 2. The first-order chi connectivity index (χ1) is 20.5. The molecule has 1 unspecified atom stereocenters. The average Bonchev–Trinajstić information content (AvgIpc) is 3.74. The summed E-state index contributed by atoms with van der Waals surface area (Å²) in [7, 11) is 0. The Hall–Kier alpha value is -4.93. The molecule has 2 aromatic carbocycles. The van der Waals surface area contributed by atoms with E-state index in [1.807, 2.05) is 32.3 Å². The molecule has 214 valence electrons. The highest BCUT2D eigenvalue weighted by atomic mass is 16.4. The first-order valence-electron chi connectivity index (χ1n) is 14.4. The number of carbonyl (C=O) groups is 2. The zero-order valence-corrected chi connectivity index (χ0v) is 23.1. The Morgan fingerprint density at radius 3 is 2.60 bits per heavy atom. The van der Waals surface area contributed by atoms with Crippen LogP contribution in [0.4, 0.5) is 10.6 Å². The molecule has 3 N–H and O–H groups in total. The fourth-order valence-corrected chi connectivity index (χ4v) is 6.55. The van der Waals surface area contributed by atoms with Gasteiger partial charge in [0.15, 0.2) is 5.82 Å². The van der Waals surface area contributed by atoms with E-state index in [1.165, 1.54) is 16.8 Å². The van der Waals surface area contributed by atoms with Crippen LogP contribution in [-0.4, -0.2) is 77.0 Å². The molecule has 0 spiro atoms. The van der Waals surface area contributed by atoms with E-state index in [0.717, 1.165) is 52.5 Å². The number of nitrogen functional groups attached to an aromatic ring is 1. The maximum absolute atomic E-state index is 13.2. The fourth-order valence-electron chi connectivity index (χ4n) is 6.55. The van der Waals surface area contributed by atoms with Crippen LogP contribution in [0.5, 0.6) is 0 Å². The second-order valence-electron chi connectivity index (χ2n) is 11.2. The molecular weight excluding hydrogens is 532 g/mol. The summed E-state index contributed by atoms with van der Waals surface area (Å²) >= 11 is 0. The van der Waals surface area contributed by atoms with Crippen LogP contribution in [0.15, 0.2) is 67.1 Å². The van der Waals surface area contributed by atoms with Crippen LogP contribution in [-0.2, 0) is 11.3 Å². The predicted molar refractivity (Wildman–Crippen MR) is 158 cm³/mol. The van der Waals surface area contributed by atoms with Gasteiger partial charge < -0.3 is 15.7 Å². The van der Waals surface area contributed by atoms with Crippen LogP contribution in [0, 0.1) is 0 Å². The third-order valence-corrected chi connectivity index (χ3v) is 8.67. The quantitative estimate of drug-likeness (QED) is 0.326. The van der Waals surface area contributed by atoms with E-state index in [0.29, 0.717) is 38.4 Å². The fraction of sp³-hybridized carbons (Fsp3) is 0.323. The highest BCUT2D eigenvalue weighted by Gasteiger charge is 2.38. The summed E-state index contributed by atoms with van der Waals surface area (Å²) in [5.74, 6) is 0.488. The molecule has 5 heterocycles. The summed E-state index contributed by atoms with van der Waals surface area (Å²) in [6.07, 6.45) is 5.33. The Morgan fingerprint density at radius 2 is 1.81 bits per heavy atom. The second kappa shape index (κ2) is 10.5. The molecule has 0 radical (unpaired) electrons. The maximum atomic E-state index is 13.2. The van der Waals surface area contributed by atoms with E-state index < -0.39 is 12.1 Å². The standard InChI is InChI=1S/C31H32N8O3/c32-29-28-24(22-8-9-23-18-37(35-25(23)15-22)17-20-5-2-1-3-6-20)16-27(39(28)34-19-33-29)21-10-13-36(14-11-21)30(40)26-7-4-12-38(26)31(41)42/h1-3,5-6,8-9,15-16,18-19,21,26H,4,7,10-14,17H2,(H,41,42)(H2,32,33,34). The normalized spacial score (nSPS) is 17.9. The molecule has 2 aliphatic heterocycles. The number of rotatable bonds is 5. The van der Waals surface area contributed by atoms with Gasteiger partial charge in [0.05, 0.1) is 12.1 Å². The molecule has 11 heteroatoms. The highest BCUT2D eigenvalue weighted by Crippen LogP contribution is 2.37. The third kappa shape index (κ3) is 4.60. The Morgan fingerprint density at radius 1 is 1.00 bits per heavy atom. The average molecular weight is 565 g/mol. The number of nitrogens with two attached hydrogens (primary N) is 1. The van der Waals surface area contributed by atoms with Gasteiger partial charge in [-0.25, -0.2) is 14.3 Å². The van der Waals surface area contributed by atoms with Crippen molar-refractivity contribution < 1.29 is 14.7 Å². The number of anilines is 1. The van der Waals surface area contributed by atoms with Crippen LogP contribution in [0.1, 0.15) is 42.9 Å². The molecule has 11 nitrogen and oxygen atoms in total. The molecule has 42 heavy (non-hydrogen) atoms. The molecule has 7 rings (SSSR count). The molecule has 2 fully saturated rings. The van der Waals surface area contributed by atoms with Crippen LogP contribution in [0.3, 0.4) is 0 Å². The monoisotopic (exact) mass is 564 g/mol. The molecule has 0 bridgehead atoms. The Kier molecular flexibility index (Phi) is 6.49. The first kappa shape index (κ1) is 26.0. The maximum Gasteiger partial charge on any atom is 0.407 e. The topological polar surface area (TPSA) is 135 Å². The summed E-state index contributed by atoms with van der Waals surface area (Å²) in [5.41, 5.74) is 12.2. The number of fused-ring (bicyclic) bond motifs is 2. The van der Waals surface area contributed by atoms with Crippen molar-refractivity contribution in [2.45, 2.75) is 44.2 Å². The second-order valence-corrected chi connectivity index (χ2v) is 11.2. The lowest BCUT2D eigenvalue weighted by atomic mass is 9.92. The van der Waals surface area contributed by atoms with Crippen molar-refractivity contribution in [3.63, 3.8) is 0 Å². The lowest BCUT2D eigenvalue weighted by Gasteiger charge is -2.34. The van der Waals surface area contributed by atoms with Gasteiger partial charge in [-0.3, -0.25) is 14.4 Å². The molecule has 0 aliphatic carbocycles. The van der Waals surface area contributed by atoms with Gasteiger partial charge in [0.1, 0.15) is 17.9 Å². The highest BCUT2D eigenvalue weighted by molar-refractivity contribution is 5.92. The van der Waals surface area contributed by atoms with Crippen molar-refractivity contribution in [2.75, 3.05) is 25.4 Å². The molecule has 2 aliphatic rings. The van der Waals surface area contributed by atoms with Gasteiger partial charge in [-0.2, -0.15) is 10.2 Å². The molecule has 1 atom stereocenters. The Balaban J connectivity index is 1.15. The van der Waals surface area contributed by atoms with Crippen molar-refractivity contribution in [1.82, 2.24) is 34.2 Å². The summed E-state index contributed by atoms with van der Waals surface area (Å²) < 4.78 is 3.85. The number of piperidine rings is 1. The van der Waals surface area contributed by atoms with E-state index in [9.17, 15) is 14.7 Å². The third-order valence-electron chi connectivity index (χ3n) is 8.67. The summed E-state index contributed by atoms with van der Waals surface area (Å²) in [4.78, 5) is 32.2. The van der Waals surface area contributed by atoms with Gasteiger partial charge in [-0.15, -0.1) is 0 Å². The number of nitrogens with zero attached hydrogens (tertiary/aromatic N) is 7. The number of aromatic nitrogens is 5. The van der Waals surface area contributed by atoms with Crippen molar-refractivity contribution >= 4 is 34.2 Å². The van der Waals surface area contributed by atoms with Crippen molar-refractivity contribution in [2.24, 2.45) is 0 Å². The number of hydrogen-bond acceptors (Lipinski definition) is 6. The van der Waals surface area contributed by atoms with E-state index >= 15 is 0 Å². The van der Waals surface area contributed by atoms with E-state index in [1.54, 1.807) is 0 Å². The van der Waals surface area contributed by atoms with Gasteiger partial charge in [-0.05, 0) is 48.9 Å². The number of hydrogen-bond donors (Lipinski definition) is 2. The first-order valence-corrected chi connectivity index (χ1v) is 14.4. The van der Waals surface area contributed by atoms with Crippen LogP contribution < -0.4 is 5.73 Å². The van der Waals surface area contributed by atoms with Crippen molar-refractivity contribution in [3.05, 3.63) is 78.4 Å². The van der Waals surface area contributed by atoms with E-state index in [4.69, 9.17) is 10.8 Å². The SMILES string of the molecule is Nc1ncnn2c(C3CCN(C(=O)C4CCCN4C(=O)O)CC3)cc(-c3ccc4cn(Cc5ccccc5)nc4c3)c12. The minimum absolute atomic E-state index is 0.0828. The number of amides is 2. The Labute approximate surface area is 242 Å². The summed E-state index contributed by atoms with van der Waals surface area (Å²) in [6.45, 7) is 2.26. The minimum Gasteiger partial charge on any atom is -0.465 e. The van der Waals surface area contributed by atoms with Crippen molar-refractivity contribution in [1.29, 1.82) is 0 Å². The zero-order chi connectivity index (χ0) is 28.8. The molecule has 2 amide bonds. The molecular formula is C31H32N8O3. The minimum atomic E-state index is -1.02. The largest absolute Gasteiger partial charge is 0.465 e. The van der Waals surface area contributed by atoms with E-state index in [2.05, 4.69) is 52.7 Å². The van der Waals surface area contributed by atoms with Gasteiger partial charge in [-0.1, -0.05) is 42.5 Å². The molecule has 3 aromatic heterocycles. The van der Waals surface area contributed by atoms with Crippen LogP contribution >= 0.6 is 0 Å². The summed E-state index contributed by atoms with van der Waals surface area (Å²) in [6, 6.07) is 18.1. The number of benzene rings is 2. The zero-order valence-electron chi connectivity index (χ0n) is 23.1. The van der Waals surface area contributed by atoms with Crippen LogP contribution in [0.2, 0.25) is 0 Å².